The van der Waals surface area contributed by atoms with Gasteiger partial charge in [-0.3, -0.25) is 4.79 Å². The van der Waals surface area contributed by atoms with Gasteiger partial charge >= 0.3 is 0 Å². The molecule has 4 nitrogen and oxygen atoms in total. The number of amides is 1. The third-order valence-electron chi connectivity index (χ3n) is 2.79. The van der Waals surface area contributed by atoms with E-state index in [4.69, 9.17) is 5.11 Å². The Hall–Kier alpha value is -1.20. The lowest BCUT2D eigenvalue weighted by Crippen LogP contribution is -2.39. The van der Waals surface area contributed by atoms with Crippen molar-refractivity contribution in [3.8, 4) is 0 Å². The summed E-state index contributed by atoms with van der Waals surface area (Å²) in [5.74, 6) is 0.965. The minimum absolute atomic E-state index is 0.00899. The fourth-order valence-electron chi connectivity index (χ4n) is 1.84. The molecule has 98 valence electrons. The maximum atomic E-state index is 11.4. The first-order valence-electron chi connectivity index (χ1n) is 6.15. The number of nitrogens with one attached hydrogen (secondary N) is 2. The summed E-state index contributed by atoms with van der Waals surface area (Å²) in [6.45, 7) is 0.698. The molecule has 1 unspecified atom stereocenters. The van der Waals surface area contributed by atoms with Gasteiger partial charge in [0.2, 0.25) is 5.91 Å². The summed E-state index contributed by atoms with van der Waals surface area (Å²) in [7, 11) is 0. The van der Waals surface area contributed by atoms with E-state index in [1.54, 1.807) is 0 Å². The highest BCUT2D eigenvalue weighted by Gasteiger charge is 2.17. The maximum Gasteiger partial charge on any atom is 0.220 e. The van der Waals surface area contributed by atoms with E-state index < -0.39 is 0 Å². The Morgan fingerprint density at radius 2 is 2.33 bits per heavy atom. The number of aliphatic hydroxyl groups excluding tert-OH is 1. The molecule has 1 atom stereocenters. The van der Waals surface area contributed by atoms with Crippen LogP contribution < -0.4 is 10.6 Å². The molecule has 1 aliphatic heterocycles. The number of benzene rings is 1. The van der Waals surface area contributed by atoms with Gasteiger partial charge in [0.05, 0.1) is 6.04 Å². The SMILES string of the molecule is O=C(CCCO)NCC1CSc2ccccc2N1. The number of rotatable bonds is 5. The highest BCUT2D eigenvalue weighted by molar-refractivity contribution is 7.99. The zero-order valence-electron chi connectivity index (χ0n) is 10.2. The predicted molar refractivity (Wildman–Crippen MR) is 73.9 cm³/mol. The predicted octanol–water partition coefficient (Wildman–Crippen LogP) is 1.46. The van der Waals surface area contributed by atoms with Gasteiger partial charge in [-0.2, -0.15) is 0 Å². The van der Waals surface area contributed by atoms with Crippen LogP contribution in [-0.2, 0) is 4.79 Å². The topological polar surface area (TPSA) is 61.4 Å². The van der Waals surface area contributed by atoms with E-state index in [9.17, 15) is 4.79 Å². The van der Waals surface area contributed by atoms with Gasteiger partial charge in [0, 0.05) is 35.9 Å². The van der Waals surface area contributed by atoms with Gasteiger partial charge in [0.1, 0.15) is 0 Å². The number of fused-ring (bicyclic) bond motifs is 1. The van der Waals surface area contributed by atoms with Gasteiger partial charge in [0.15, 0.2) is 0 Å². The van der Waals surface area contributed by atoms with Crippen molar-refractivity contribution >= 4 is 23.4 Å². The lowest BCUT2D eigenvalue weighted by atomic mass is 10.2. The molecule has 2 rings (SSSR count). The molecular weight excluding hydrogens is 248 g/mol. The van der Waals surface area contributed by atoms with Gasteiger partial charge in [-0.1, -0.05) is 12.1 Å². The van der Waals surface area contributed by atoms with Crippen molar-refractivity contribution < 1.29 is 9.90 Å². The van der Waals surface area contributed by atoms with Crippen LogP contribution in [0.2, 0.25) is 0 Å². The van der Waals surface area contributed by atoms with Gasteiger partial charge in [-0.25, -0.2) is 0 Å². The monoisotopic (exact) mass is 266 g/mol. The van der Waals surface area contributed by atoms with E-state index in [0.29, 0.717) is 19.4 Å². The number of carbonyl (C=O) groups is 1. The van der Waals surface area contributed by atoms with Crippen molar-refractivity contribution in [1.29, 1.82) is 0 Å². The molecule has 1 heterocycles. The van der Waals surface area contributed by atoms with Crippen LogP contribution >= 0.6 is 11.8 Å². The molecule has 0 radical (unpaired) electrons. The van der Waals surface area contributed by atoms with Crippen LogP contribution in [0.15, 0.2) is 29.2 Å². The first-order valence-corrected chi connectivity index (χ1v) is 7.14. The standard InChI is InChI=1S/C13H18N2O2S/c16-7-3-6-13(17)14-8-10-9-18-12-5-2-1-4-11(12)15-10/h1-2,4-5,10,15-16H,3,6-9H2,(H,14,17). The van der Waals surface area contributed by atoms with E-state index in [1.165, 1.54) is 4.90 Å². The summed E-state index contributed by atoms with van der Waals surface area (Å²) in [5, 5.41) is 15.0. The fraction of sp³-hybridized carbons (Fsp3) is 0.462. The lowest BCUT2D eigenvalue weighted by Gasteiger charge is -2.26. The third-order valence-corrected chi connectivity index (χ3v) is 4.03. The molecule has 0 bridgehead atoms. The number of anilines is 1. The van der Waals surface area contributed by atoms with Crippen molar-refractivity contribution in [3.63, 3.8) is 0 Å². The van der Waals surface area contributed by atoms with Crippen LogP contribution in [0.5, 0.6) is 0 Å². The Labute approximate surface area is 111 Å². The molecule has 0 aliphatic carbocycles. The molecule has 0 saturated heterocycles. The first-order chi connectivity index (χ1) is 8.79. The van der Waals surface area contributed by atoms with Gasteiger partial charge in [0.25, 0.3) is 0 Å². The summed E-state index contributed by atoms with van der Waals surface area (Å²) in [6.07, 6.45) is 0.925. The molecular formula is C13H18N2O2S. The molecule has 1 aromatic rings. The Morgan fingerprint density at radius 3 is 3.17 bits per heavy atom. The number of para-hydroxylation sites is 1. The second-order valence-corrected chi connectivity index (χ2v) is 5.34. The summed E-state index contributed by atoms with van der Waals surface area (Å²) in [4.78, 5) is 12.7. The second-order valence-electron chi connectivity index (χ2n) is 4.28. The van der Waals surface area contributed by atoms with Gasteiger partial charge in [-0.05, 0) is 18.6 Å². The minimum Gasteiger partial charge on any atom is -0.396 e. The van der Waals surface area contributed by atoms with Crippen molar-refractivity contribution in [3.05, 3.63) is 24.3 Å². The summed E-state index contributed by atoms with van der Waals surface area (Å²) >= 11 is 1.81. The van der Waals surface area contributed by atoms with Crippen molar-refractivity contribution in [2.24, 2.45) is 0 Å². The van der Waals surface area contributed by atoms with Gasteiger partial charge in [-0.15, -0.1) is 11.8 Å². The van der Waals surface area contributed by atoms with Crippen LogP contribution in [-0.4, -0.2) is 36.0 Å². The molecule has 5 heteroatoms. The number of hydrogen-bond donors (Lipinski definition) is 3. The number of hydrogen-bond acceptors (Lipinski definition) is 4. The average molecular weight is 266 g/mol. The molecule has 0 spiro atoms. The molecule has 0 saturated carbocycles. The first kappa shape index (κ1) is 13.2. The smallest absolute Gasteiger partial charge is 0.220 e. The molecule has 0 fully saturated rings. The van der Waals surface area contributed by atoms with E-state index in [2.05, 4.69) is 22.8 Å². The Bertz CT molecular complexity index is 412. The van der Waals surface area contributed by atoms with Crippen LogP contribution in [0.4, 0.5) is 5.69 Å². The highest BCUT2D eigenvalue weighted by atomic mass is 32.2. The number of carbonyl (C=O) groups excluding carboxylic acids is 1. The molecule has 3 N–H and O–H groups in total. The van der Waals surface area contributed by atoms with Crippen molar-refractivity contribution in [2.75, 3.05) is 24.2 Å². The minimum atomic E-state index is 0.00899. The van der Waals surface area contributed by atoms with E-state index in [-0.39, 0.29) is 18.6 Å². The van der Waals surface area contributed by atoms with Crippen LogP contribution in [0.3, 0.4) is 0 Å². The van der Waals surface area contributed by atoms with E-state index in [0.717, 1.165) is 11.4 Å². The Balaban J connectivity index is 1.78. The molecule has 1 amide bonds. The summed E-state index contributed by atoms with van der Waals surface area (Å²) < 4.78 is 0. The fourth-order valence-corrected chi connectivity index (χ4v) is 2.88. The van der Waals surface area contributed by atoms with E-state index >= 15 is 0 Å². The third kappa shape index (κ3) is 3.65. The quantitative estimate of drug-likeness (QED) is 0.755. The molecule has 1 aliphatic rings. The second kappa shape index (κ2) is 6.66. The Kier molecular flexibility index (Phi) is 4.90. The van der Waals surface area contributed by atoms with Crippen LogP contribution in [0, 0.1) is 0 Å². The van der Waals surface area contributed by atoms with Crippen molar-refractivity contribution in [1.82, 2.24) is 5.32 Å². The largest absolute Gasteiger partial charge is 0.396 e. The Morgan fingerprint density at radius 1 is 1.50 bits per heavy atom. The lowest BCUT2D eigenvalue weighted by molar-refractivity contribution is -0.121. The zero-order chi connectivity index (χ0) is 12.8. The molecule has 1 aromatic carbocycles. The summed E-state index contributed by atoms with van der Waals surface area (Å²) in [5.41, 5.74) is 1.14. The summed E-state index contributed by atoms with van der Waals surface area (Å²) in [6, 6.07) is 8.47. The normalized spacial score (nSPS) is 17.7. The maximum absolute atomic E-state index is 11.4. The van der Waals surface area contributed by atoms with Crippen LogP contribution in [0.1, 0.15) is 12.8 Å². The van der Waals surface area contributed by atoms with E-state index in [1.807, 2.05) is 23.9 Å². The van der Waals surface area contributed by atoms with Crippen molar-refractivity contribution in [2.45, 2.75) is 23.8 Å². The number of thioether (sulfide) groups is 1. The van der Waals surface area contributed by atoms with Gasteiger partial charge < -0.3 is 15.7 Å². The highest BCUT2D eigenvalue weighted by Crippen LogP contribution is 2.32. The molecule has 0 aromatic heterocycles. The number of aliphatic hydroxyl groups is 1. The zero-order valence-corrected chi connectivity index (χ0v) is 11.0. The molecule has 18 heavy (non-hydrogen) atoms. The van der Waals surface area contributed by atoms with Crippen LogP contribution in [0.25, 0.3) is 0 Å². The average Bonchev–Trinajstić information content (AvgIpc) is 2.42.